The number of hydrazone groups is 1. The number of aliphatic hydroxyl groups is 1. The molecule has 0 spiro atoms. The average molecular weight is 490 g/mol. The Labute approximate surface area is 198 Å². The number of para-hydroxylation sites is 1. The SMILES string of the molecule is C=NNC(=O)c1ccc(CN(c2ccccc2)S(=O)(=O)N2CCN(C3CCC3O)CC2)c(F)c1. The molecule has 2 aromatic rings. The highest BCUT2D eigenvalue weighted by molar-refractivity contribution is 7.90. The number of hydrogen-bond donors (Lipinski definition) is 2. The largest absolute Gasteiger partial charge is 0.391 e. The summed E-state index contributed by atoms with van der Waals surface area (Å²) in [4.78, 5) is 14.0. The number of benzene rings is 2. The summed E-state index contributed by atoms with van der Waals surface area (Å²) in [5, 5.41) is 13.2. The van der Waals surface area contributed by atoms with Crippen molar-refractivity contribution in [1.29, 1.82) is 0 Å². The molecule has 0 radical (unpaired) electrons. The van der Waals surface area contributed by atoms with Crippen LogP contribution in [-0.2, 0) is 16.8 Å². The predicted octanol–water partition coefficient (Wildman–Crippen LogP) is 1.56. The second-order valence-electron chi connectivity index (χ2n) is 8.40. The van der Waals surface area contributed by atoms with Crippen molar-refractivity contribution in [2.24, 2.45) is 5.10 Å². The third-order valence-electron chi connectivity index (χ3n) is 6.40. The minimum atomic E-state index is -3.97. The van der Waals surface area contributed by atoms with Crippen molar-refractivity contribution < 1.29 is 22.7 Å². The summed E-state index contributed by atoms with van der Waals surface area (Å²) in [6, 6.07) is 12.5. The van der Waals surface area contributed by atoms with E-state index >= 15 is 0 Å². The molecule has 11 heteroatoms. The standard InChI is InChI=1S/C23H28FN5O4S/c1-25-26-23(31)17-7-8-18(20(24)15-17)16-29(19-5-3-2-4-6-19)34(32,33)28-13-11-27(12-14-28)21-9-10-22(21)30/h2-8,15,21-22,30H,1,9-14,16H2,(H,26,31). The number of halogens is 1. The van der Waals surface area contributed by atoms with Crippen LogP contribution in [0.5, 0.6) is 0 Å². The van der Waals surface area contributed by atoms with Crippen LogP contribution in [0.15, 0.2) is 53.6 Å². The Kier molecular flexibility index (Phi) is 7.27. The van der Waals surface area contributed by atoms with Crippen molar-refractivity contribution in [3.63, 3.8) is 0 Å². The van der Waals surface area contributed by atoms with Crippen LogP contribution in [0.2, 0.25) is 0 Å². The number of carbonyl (C=O) groups is 1. The van der Waals surface area contributed by atoms with E-state index in [0.29, 0.717) is 18.8 Å². The monoisotopic (exact) mass is 489 g/mol. The van der Waals surface area contributed by atoms with Crippen molar-refractivity contribution in [3.8, 4) is 0 Å². The van der Waals surface area contributed by atoms with E-state index in [1.165, 1.54) is 20.7 Å². The van der Waals surface area contributed by atoms with Crippen molar-refractivity contribution in [2.45, 2.75) is 31.5 Å². The van der Waals surface area contributed by atoms with Gasteiger partial charge in [-0.15, -0.1) is 0 Å². The molecular weight excluding hydrogens is 461 g/mol. The first-order valence-electron chi connectivity index (χ1n) is 11.1. The van der Waals surface area contributed by atoms with E-state index < -0.39 is 21.9 Å². The normalized spacial score (nSPS) is 21.5. The number of rotatable bonds is 8. The molecule has 1 saturated heterocycles. The Morgan fingerprint density at radius 1 is 1.15 bits per heavy atom. The summed E-state index contributed by atoms with van der Waals surface area (Å²) in [5.41, 5.74) is 2.74. The molecule has 1 aliphatic heterocycles. The van der Waals surface area contributed by atoms with Gasteiger partial charge in [0.25, 0.3) is 5.91 Å². The fraction of sp³-hybridized carbons (Fsp3) is 0.391. The number of piperazine rings is 1. The Hall–Kier alpha value is -2.86. The van der Waals surface area contributed by atoms with Gasteiger partial charge in [0.2, 0.25) is 0 Å². The molecule has 34 heavy (non-hydrogen) atoms. The van der Waals surface area contributed by atoms with Gasteiger partial charge in [0.05, 0.1) is 18.3 Å². The molecule has 0 bridgehead atoms. The smallest absolute Gasteiger partial charge is 0.304 e. The summed E-state index contributed by atoms with van der Waals surface area (Å²) in [6.45, 7) is 4.55. The van der Waals surface area contributed by atoms with E-state index in [9.17, 15) is 22.7 Å². The molecule has 4 rings (SSSR count). The van der Waals surface area contributed by atoms with Gasteiger partial charge >= 0.3 is 10.2 Å². The van der Waals surface area contributed by atoms with Gasteiger partial charge in [-0.25, -0.2) is 9.82 Å². The van der Waals surface area contributed by atoms with Crippen LogP contribution in [0.25, 0.3) is 0 Å². The van der Waals surface area contributed by atoms with Gasteiger partial charge in [0, 0.05) is 50.1 Å². The van der Waals surface area contributed by atoms with Gasteiger partial charge in [0.1, 0.15) is 5.82 Å². The maximum atomic E-state index is 14.9. The maximum absolute atomic E-state index is 14.9. The summed E-state index contributed by atoms with van der Waals surface area (Å²) >= 11 is 0. The molecule has 2 unspecified atom stereocenters. The summed E-state index contributed by atoms with van der Waals surface area (Å²) in [6.07, 6.45) is 1.35. The van der Waals surface area contributed by atoms with E-state index in [1.54, 1.807) is 30.3 Å². The Bertz CT molecular complexity index is 1140. The summed E-state index contributed by atoms with van der Waals surface area (Å²) in [7, 11) is -3.97. The minimum absolute atomic E-state index is 0.0528. The second kappa shape index (κ2) is 10.2. The van der Waals surface area contributed by atoms with Crippen molar-refractivity contribution in [1.82, 2.24) is 14.6 Å². The van der Waals surface area contributed by atoms with Gasteiger partial charge in [0.15, 0.2) is 0 Å². The quantitative estimate of drug-likeness (QED) is 0.433. The third kappa shape index (κ3) is 4.97. The molecule has 1 aliphatic carbocycles. The van der Waals surface area contributed by atoms with Crippen LogP contribution in [0, 0.1) is 5.82 Å². The first kappa shape index (κ1) is 24.3. The lowest BCUT2D eigenvalue weighted by Gasteiger charge is -2.45. The molecule has 2 N–H and O–H groups in total. The fourth-order valence-electron chi connectivity index (χ4n) is 4.30. The van der Waals surface area contributed by atoms with Crippen LogP contribution < -0.4 is 9.73 Å². The van der Waals surface area contributed by atoms with Crippen LogP contribution >= 0.6 is 0 Å². The third-order valence-corrected chi connectivity index (χ3v) is 8.32. The number of aliphatic hydroxyl groups excluding tert-OH is 1. The number of anilines is 1. The molecule has 2 aromatic carbocycles. The number of amides is 1. The lowest BCUT2D eigenvalue weighted by Crippen LogP contribution is -2.59. The zero-order valence-corrected chi connectivity index (χ0v) is 19.5. The van der Waals surface area contributed by atoms with Gasteiger partial charge in [-0.3, -0.25) is 14.0 Å². The molecule has 2 aliphatic rings. The van der Waals surface area contributed by atoms with Crippen molar-refractivity contribution >= 4 is 28.5 Å². The zero-order valence-electron chi connectivity index (χ0n) is 18.7. The highest BCUT2D eigenvalue weighted by Gasteiger charge is 2.39. The minimum Gasteiger partial charge on any atom is -0.391 e. The van der Waals surface area contributed by atoms with Gasteiger partial charge in [-0.2, -0.15) is 17.8 Å². The van der Waals surface area contributed by atoms with Crippen molar-refractivity contribution in [3.05, 3.63) is 65.5 Å². The fourth-order valence-corrected chi connectivity index (χ4v) is 5.90. The Morgan fingerprint density at radius 2 is 1.85 bits per heavy atom. The van der Waals surface area contributed by atoms with Gasteiger partial charge in [-0.1, -0.05) is 24.3 Å². The van der Waals surface area contributed by atoms with Gasteiger partial charge < -0.3 is 5.11 Å². The Balaban J connectivity index is 1.56. The first-order chi connectivity index (χ1) is 16.3. The molecule has 1 saturated carbocycles. The van der Waals surface area contributed by atoms with E-state index in [1.807, 2.05) is 0 Å². The van der Waals surface area contributed by atoms with Gasteiger partial charge in [-0.05, 0) is 37.1 Å². The number of nitrogens with zero attached hydrogens (tertiary/aromatic N) is 4. The second-order valence-corrected chi connectivity index (χ2v) is 10.3. The van der Waals surface area contributed by atoms with Crippen LogP contribution in [-0.4, -0.2) is 73.7 Å². The Morgan fingerprint density at radius 3 is 2.41 bits per heavy atom. The first-order valence-corrected chi connectivity index (χ1v) is 12.5. The predicted molar refractivity (Wildman–Crippen MR) is 127 cm³/mol. The lowest BCUT2D eigenvalue weighted by atomic mass is 9.87. The molecule has 2 fully saturated rings. The lowest BCUT2D eigenvalue weighted by molar-refractivity contribution is -0.0316. The van der Waals surface area contributed by atoms with E-state index in [-0.39, 0.29) is 42.9 Å². The number of carbonyl (C=O) groups excluding carboxylic acids is 1. The molecule has 9 nitrogen and oxygen atoms in total. The maximum Gasteiger partial charge on any atom is 0.304 e. The molecule has 0 aromatic heterocycles. The average Bonchev–Trinajstić information content (AvgIpc) is 2.83. The molecule has 1 amide bonds. The molecular formula is C23H28FN5O4S. The van der Waals surface area contributed by atoms with E-state index in [0.717, 1.165) is 18.9 Å². The topological polar surface area (TPSA) is 106 Å². The summed E-state index contributed by atoms with van der Waals surface area (Å²) < 4.78 is 44.8. The van der Waals surface area contributed by atoms with E-state index in [4.69, 9.17) is 0 Å². The summed E-state index contributed by atoms with van der Waals surface area (Å²) in [5.74, 6) is -1.31. The highest BCUT2D eigenvalue weighted by Crippen LogP contribution is 2.29. The van der Waals surface area contributed by atoms with Crippen LogP contribution in [0.1, 0.15) is 28.8 Å². The molecule has 1 heterocycles. The van der Waals surface area contributed by atoms with E-state index in [2.05, 4.69) is 22.1 Å². The highest BCUT2D eigenvalue weighted by atomic mass is 32.2. The zero-order chi connectivity index (χ0) is 24.3. The van der Waals surface area contributed by atoms with Crippen LogP contribution in [0.3, 0.4) is 0 Å². The number of hydrogen-bond acceptors (Lipinski definition) is 6. The van der Waals surface area contributed by atoms with Crippen LogP contribution in [0.4, 0.5) is 10.1 Å². The number of nitrogens with one attached hydrogen (secondary N) is 1. The molecule has 2 atom stereocenters. The van der Waals surface area contributed by atoms with Crippen molar-refractivity contribution in [2.75, 3.05) is 30.5 Å². The molecule has 182 valence electrons.